The largest absolute Gasteiger partial charge is 0.478 e. The number of aliphatic hydroxyl groups excluding tert-OH is 2. The molecule has 6 rings (SSSR count). The lowest BCUT2D eigenvalue weighted by molar-refractivity contribution is 0.0696. The SMILES string of the molecule is ClCc1ccnc(N2CCOCC2)c1.O=C(O)c1ccnc(Cl)c1.OCc1ccnc(Cl)c1.OCc1ccnc(N2CCOCC2)c1. The van der Waals surface area contributed by atoms with E-state index in [1.165, 1.54) is 18.3 Å². The zero-order valence-corrected chi connectivity index (χ0v) is 27.9. The van der Waals surface area contributed by atoms with E-state index in [4.69, 9.17) is 59.6 Å². The molecule has 2 fully saturated rings. The van der Waals surface area contributed by atoms with Crippen LogP contribution >= 0.6 is 34.8 Å². The van der Waals surface area contributed by atoms with Crippen molar-refractivity contribution < 1.29 is 29.6 Å². The minimum atomic E-state index is -0.996. The third-order valence-corrected chi connectivity index (χ3v) is 7.30. The number of carboxylic acids is 1. The number of aromatic carboxylic acids is 1. The summed E-state index contributed by atoms with van der Waals surface area (Å²) in [7, 11) is 0. The van der Waals surface area contributed by atoms with Crippen LogP contribution < -0.4 is 9.80 Å². The van der Waals surface area contributed by atoms with Gasteiger partial charge in [0.1, 0.15) is 21.9 Å². The van der Waals surface area contributed by atoms with Crippen molar-refractivity contribution in [1.82, 2.24) is 19.9 Å². The number of halogens is 3. The molecular formula is C32H37Cl3N6O6. The van der Waals surface area contributed by atoms with Crippen LogP contribution in [0.25, 0.3) is 0 Å². The van der Waals surface area contributed by atoms with E-state index in [0.29, 0.717) is 11.0 Å². The fourth-order valence-corrected chi connectivity index (χ4v) is 4.65. The first-order valence-corrected chi connectivity index (χ1v) is 15.9. The molecule has 0 bridgehead atoms. The highest BCUT2D eigenvalue weighted by atomic mass is 35.5. The van der Waals surface area contributed by atoms with Crippen molar-refractivity contribution in [2.45, 2.75) is 19.1 Å². The Morgan fingerprint density at radius 3 is 1.49 bits per heavy atom. The van der Waals surface area contributed by atoms with E-state index in [-0.39, 0.29) is 23.9 Å². The molecule has 2 aliphatic rings. The summed E-state index contributed by atoms with van der Waals surface area (Å²) in [5, 5.41) is 26.6. The predicted octanol–water partition coefficient (Wildman–Crippen LogP) is 4.73. The summed E-state index contributed by atoms with van der Waals surface area (Å²) < 4.78 is 10.5. The van der Waals surface area contributed by atoms with Gasteiger partial charge in [0.15, 0.2) is 0 Å². The van der Waals surface area contributed by atoms with Crippen molar-refractivity contribution in [1.29, 1.82) is 0 Å². The molecule has 0 amide bonds. The standard InChI is InChI=1S/C10H13ClN2O.C10H14N2O2.C6H4ClNO2.C6H6ClNO/c11-8-9-1-2-12-10(7-9)13-3-5-14-6-4-13;13-8-9-1-2-11-10(7-9)12-3-5-14-6-4-12;7-5-3-4(6(9)10)1-2-8-5;7-6-3-5(4-9)1-2-8-6/h1-2,7H,3-6,8H2;1-2,7,13H,3-6,8H2;1-3H,(H,9,10);1-3,9H,4H2. The Morgan fingerprint density at radius 1 is 0.660 bits per heavy atom. The van der Waals surface area contributed by atoms with Crippen molar-refractivity contribution in [3.05, 3.63) is 106 Å². The Hall–Kier alpha value is -3.62. The topological polar surface area (TPSA) is 154 Å². The number of aromatic nitrogens is 4. The number of hydrogen-bond acceptors (Lipinski definition) is 11. The van der Waals surface area contributed by atoms with Crippen LogP contribution in [0.5, 0.6) is 0 Å². The maximum absolute atomic E-state index is 10.3. The Morgan fingerprint density at radius 2 is 1.09 bits per heavy atom. The number of alkyl halides is 1. The zero-order chi connectivity index (χ0) is 33.9. The summed E-state index contributed by atoms with van der Waals surface area (Å²) in [6.45, 7) is 6.75. The molecule has 47 heavy (non-hydrogen) atoms. The van der Waals surface area contributed by atoms with Crippen LogP contribution in [-0.2, 0) is 28.6 Å². The maximum Gasteiger partial charge on any atom is 0.335 e. The Labute approximate surface area is 288 Å². The number of aliphatic hydroxyl groups is 2. The highest BCUT2D eigenvalue weighted by Crippen LogP contribution is 2.16. The van der Waals surface area contributed by atoms with Gasteiger partial charge < -0.3 is 34.6 Å². The molecule has 4 aromatic heterocycles. The number of morpholine rings is 2. The number of anilines is 2. The van der Waals surface area contributed by atoms with Gasteiger partial charge in [-0.2, -0.15) is 0 Å². The van der Waals surface area contributed by atoms with Crippen molar-refractivity contribution in [3.63, 3.8) is 0 Å². The zero-order valence-electron chi connectivity index (χ0n) is 25.6. The second kappa shape index (κ2) is 21.3. The van der Waals surface area contributed by atoms with Gasteiger partial charge >= 0.3 is 5.97 Å². The van der Waals surface area contributed by atoms with Crippen molar-refractivity contribution in [3.8, 4) is 0 Å². The third-order valence-electron chi connectivity index (χ3n) is 6.57. The van der Waals surface area contributed by atoms with Crippen LogP contribution in [0.15, 0.2) is 73.3 Å². The molecule has 0 aliphatic carbocycles. The van der Waals surface area contributed by atoms with Gasteiger partial charge in [0.25, 0.3) is 0 Å². The quantitative estimate of drug-likeness (QED) is 0.188. The molecule has 2 aliphatic heterocycles. The molecule has 252 valence electrons. The third kappa shape index (κ3) is 14.0. The minimum Gasteiger partial charge on any atom is -0.478 e. The first-order chi connectivity index (χ1) is 22.8. The van der Waals surface area contributed by atoms with E-state index in [1.54, 1.807) is 24.5 Å². The van der Waals surface area contributed by atoms with Crippen LogP contribution in [-0.4, -0.2) is 93.8 Å². The molecule has 4 aromatic rings. The molecule has 0 unspecified atom stereocenters. The van der Waals surface area contributed by atoms with Gasteiger partial charge in [-0.15, -0.1) is 11.6 Å². The Kier molecular flexibility index (Phi) is 17.1. The normalized spacial score (nSPS) is 14.0. The van der Waals surface area contributed by atoms with Gasteiger partial charge in [-0.25, -0.2) is 24.7 Å². The summed E-state index contributed by atoms with van der Waals surface area (Å²) in [5.74, 6) is 1.48. The van der Waals surface area contributed by atoms with Crippen molar-refractivity contribution in [2.75, 3.05) is 62.4 Å². The molecule has 0 radical (unpaired) electrons. The van der Waals surface area contributed by atoms with Gasteiger partial charge in [0.2, 0.25) is 0 Å². The molecule has 0 aromatic carbocycles. The highest BCUT2D eigenvalue weighted by Gasteiger charge is 2.13. The van der Waals surface area contributed by atoms with E-state index in [0.717, 1.165) is 80.9 Å². The molecule has 3 N–H and O–H groups in total. The maximum atomic E-state index is 10.3. The summed E-state index contributed by atoms with van der Waals surface area (Å²) in [6.07, 6.45) is 6.46. The monoisotopic (exact) mass is 706 g/mol. The van der Waals surface area contributed by atoms with E-state index in [2.05, 4.69) is 29.7 Å². The first kappa shape index (κ1) is 37.8. The molecule has 15 heteroatoms. The van der Waals surface area contributed by atoms with E-state index in [1.807, 2.05) is 30.5 Å². The number of pyridine rings is 4. The molecule has 0 saturated carbocycles. The van der Waals surface area contributed by atoms with Crippen LogP contribution in [0.4, 0.5) is 11.6 Å². The van der Waals surface area contributed by atoms with Gasteiger partial charge in [-0.3, -0.25) is 0 Å². The highest BCUT2D eigenvalue weighted by molar-refractivity contribution is 6.29. The van der Waals surface area contributed by atoms with E-state index >= 15 is 0 Å². The van der Waals surface area contributed by atoms with Crippen molar-refractivity contribution >= 4 is 52.4 Å². The Balaban J connectivity index is 0.000000173. The summed E-state index contributed by atoms with van der Waals surface area (Å²) in [5.41, 5.74) is 2.96. The van der Waals surface area contributed by atoms with Crippen LogP contribution in [0.1, 0.15) is 27.0 Å². The minimum absolute atomic E-state index is 0.0161. The number of carbonyl (C=O) groups is 1. The molecular weight excluding hydrogens is 671 g/mol. The summed E-state index contributed by atoms with van der Waals surface area (Å²) in [4.78, 5) is 30.6. The van der Waals surface area contributed by atoms with E-state index < -0.39 is 5.97 Å². The number of nitrogens with zero attached hydrogens (tertiary/aromatic N) is 6. The fourth-order valence-electron chi connectivity index (χ4n) is 4.11. The summed E-state index contributed by atoms with van der Waals surface area (Å²) in [6, 6.07) is 13.7. The second-order valence-electron chi connectivity index (χ2n) is 9.85. The van der Waals surface area contributed by atoms with Crippen LogP contribution in [0.3, 0.4) is 0 Å². The van der Waals surface area contributed by atoms with Gasteiger partial charge in [0.05, 0.1) is 45.2 Å². The number of ether oxygens (including phenoxy) is 2. The average Bonchev–Trinajstić information content (AvgIpc) is 3.13. The lowest BCUT2D eigenvalue weighted by Gasteiger charge is -2.27. The number of hydrogen-bond donors (Lipinski definition) is 3. The molecule has 6 heterocycles. The lowest BCUT2D eigenvalue weighted by Crippen LogP contribution is -2.36. The Bertz CT molecular complexity index is 1450. The van der Waals surface area contributed by atoms with E-state index in [9.17, 15) is 4.79 Å². The summed E-state index contributed by atoms with van der Waals surface area (Å²) >= 11 is 16.7. The molecule has 2 saturated heterocycles. The van der Waals surface area contributed by atoms with Gasteiger partial charge in [-0.1, -0.05) is 23.2 Å². The fraction of sp³-hybridized carbons (Fsp3) is 0.344. The molecule has 0 spiro atoms. The number of rotatable bonds is 6. The predicted molar refractivity (Wildman–Crippen MR) is 181 cm³/mol. The van der Waals surface area contributed by atoms with Crippen molar-refractivity contribution in [2.24, 2.45) is 0 Å². The van der Waals surface area contributed by atoms with Gasteiger partial charge in [-0.05, 0) is 65.2 Å². The lowest BCUT2D eigenvalue weighted by atomic mass is 10.2. The second-order valence-corrected chi connectivity index (χ2v) is 10.9. The van der Waals surface area contributed by atoms with Crippen LogP contribution in [0, 0.1) is 0 Å². The first-order valence-electron chi connectivity index (χ1n) is 14.6. The van der Waals surface area contributed by atoms with Gasteiger partial charge in [0, 0.05) is 56.8 Å². The smallest absolute Gasteiger partial charge is 0.335 e. The number of carboxylic acid groups (broad SMARTS) is 1. The average molecular weight is 708 g/mol. The molecule has 12 nitrogen and oxygen atoms in total. The molecule has 0 atom stereocenters. The van der Waals surface area contributed by atoms with Crippen LogP contribution in [0.2, 0.25) is 10.3 Å².